The van der Waals surface area contributed by atoms with Crippen molar-refractivity contribution in [3.05, 3.63) is 11.9 Å². The zero-order valence-corrected chi connectivity index (χ0v) is 17.0. The Bertz CT molecular complexity index is 668. The van der Waals surface area contributed by atoms with E-state index in [0.29, 0.717) is 26.1 Å². The minimum Gasteiger partial charge on any atom is -0.350 e. The van der Waals surface area contributed by atoms with Gasteiger partial charge in [0.25, 0.3) is 0 Å². The fraction of sp³-hybridized carbons (Fsp3) is 0.800. The van der Waals surface area contributed by atoms with Crippen molar-refractivity contribution in [3.63, 3.8) is 0 Å². The summed E-state index contributed by atoms with van der Waals surface area (Å²) in [5.74, 6) is 0.322. The molecule has 2 amide bonds. The number of amides is 2. The predicted octanol–water partition coefficient (Wildman–Crippen LogP) is 2.51. The molecule has 0 aliphatic carbocycles. The minimum atomic E-state index is -0.353. The fourth-order valence-corrected chi connectivity index (χ4v) is 4.14. The Balaban J connectivity index is 1.65. The van der Waals surface area contributed by atoms with E-state index in [-0.39, 0.29) is 22.6 Å². The van der Waals surface area contributed by atoms with E-state index >= 15 is 0 Å². The lowest BCUT2D eigenvalue weighted by molar-refractivity contribution is -0.142. The zero-order chi connectivity index (χ0) is 19.5. The van der Waals surface area contributed by atoms with Gasteiger partial charge in [0.2, 0.25) is 11.8 Å². The molecule has 1 aromatic rings. The molecule has 0 unspecified atom stereocenters. The van der Waals surface area contributed by atoms with Crippen molar-refractivity contribution in [1.29, 1.82) is 0 Å². The number of aryl methyl sites for hydroxylation is 1. The number of rotatable bonds is 1. The molecule has 1 saturated heterocycles. The van der Waals surface area contributed by atoms with Crippen LogP contribution in [-0.2, 0) is 22.7 Å². The van der Waals surface area contributed by atoms with E-state index in [1.807, 2.05) is 15.8 Å². The Morgan fingerprint density at radius 1 is 1.15 bits per heavy atom. The van der Waals surface area contributed by atoms with Crippen LogP contribution in [0.1, 0.15) is 71.4 Å². The lowest BCUT2D eigenvalue weighted by Crippen LogP contribution is -2.50. The molecule has 0 atom stereocenters. The van der Waals surface area contributed by atoms with Crippen molar-refractivity contribution in [1.82, 2.24) is 25.2 Å². The molecule has 0 radical (unpaired) electrons. The first kappa shape index (κ1) is 19.8. The summed E-state index contributed by atoms with van der Waals surface area (Å²) >= 11 is 0. The summed E-state index contributed by atoms with van der Waals surface area (Å²) < 4.78 is 1.86. The van der Waals surface area contributed by atoms with Gasteiger partial charge in [0, 0.05) is 26.1 Å². The van der Waals surface area contributed by atoms with Crippen molar-refractivity contribution >= 4 is 11.8 Å². The molecule has 27 heavy (non-hydrogen) atoms. The number of hydrogen-bond donors (Lipinski definition) is 1. The van der Waals surface area contributed by atoms with Crippen molar-refractivity contribution in [2.45, 2.75) is 78.8 Å². The monoisotopic (exact) mass is 375 g/mol. The van der Waals surface area contributed by atoms with Crippen LogP contribution in [0.25, 0.3) is 0 Å². The van der Waals surface area contributed by atoms with Crippen LogP contribution >= 0.6 is 0 Å². The third-order valence-electron chi connectivity index (χ3n) is 5.80. The van der Waals surface area contributed by atoms with E-state index in [9.17, 15) is 9.59 Å². The first-order valence-corrected chi connectivity index (χ1v) is 10.2. The molecule has 150 valence electrons. The van der Waals surface area contributed by atoms with Crippen molar-refractivity contribution in [2.75, 3.05) is 13.1 Å². The van der Waals surface area contributed by atoms with Crippen molar-refractivity contribution < 1.29 is 9.59 Å². The summed E-state index contributed by atoms with van der Waals surface area (Å²) in [6, 6.07) is 0. The van der Waals surface area contributed by atoms with Gasteiger partial charge in [-0.1, -0.05) is 38.8 Å². The maximum absolute atomic E-state index is 13.1. The van der Waals surface area contributed by atoms with E-state index in [0.717, 1.165) is 50.8 Å². The van der Waals surface area contributed by atoms with E-state index in [1.165, 1.54) is 0 Å². The highest BCUT2D eigenvalue weighted by molar-refractivity contribution is 5.83. The van der Waals surface area contributed by atoms with Gasteiger partial charge in [-0.3, -0.25) is 14.3 Å². The topological polar surface area (TPSA) is 80.1 Å². The summed E-state index contributed by atoms with van der Waals surface area (Å²) in [5, 5.41) is 11.3. The zero-order valence-electron chi connectivity index (χ0n) is 17.0. The van der Waals surface area contributed by atoms with E-state index < -0.39 is 0 Å². The Morgan fingerprint density at radius 2 is 1.89 bits per heavy atom. The molecule has 7 heteroatoms. The SMILES string of the molecule is CC(C)(C)CC(=O)N1CCC2(CCCCCn3cc(nn3)CNC2=O)CC1. The van der Waals surface area contributed by atoms with Crippen molar-refractivity contribution in [2.24, 2.45) is 10.8 Å². The van der Waals surface area contributed by atoms with Gasteiger partial charge in [-0.25, -0.2) is 0 Å². The largest absolute Gasteiger partial charge is 0.350 e. The molecule has 3 rings (SSSR count). The molecule has 7 nitrogen and oxygen atoms in total. The number of piperidine rings is 1. The molecule has 1 spiro atoms. The number of carbonyl (C=O) groups is 2. The van der Waals surface area contributed by atoms with Gasteiger partial charge in [0.05, 0.1) is 18.2 Å². The fourth-order valence-electron chi connectivity index (χ4n) is 4.14. The van der Waals surface area contributed by atoms with E-state index in [2.05, 4.69) is 36.4 Å². The Kier molecular flexibility index (Phi) is 5.86. The Hall–Kier alpha value is -1.92. The lowest BCUT2D eigenvalue weighted by atomic mass is 9.73. The maximum Gasteiger partial charge on any atom is 0.226 e. The number of aromatic nitrogens is 3. The molecule has 1 fully saturated rings. The first-order chi connectivity index (χ1) is 12.8. The summed E-state index contributed by atoms with van der Waals surface area (Å²) in [5.41, 5.74) is 0.443. The van der Waals surface area contributed by atoms with Crippen molar-refractivity contribution in [3.8, 4) is 0 Å². The van der Waals surface area contributed by atoms with Gasteiger partial charge < -0.3 is 10.2 Å². The molecule has 2 bridgehead atoms. The number of carbonyl (C=O) groups excluding carboxylic acids is 2. The summed E-state index contributed by atoms with van der Waals surface area (Å²) in [6.07, 6.45) is 8.04. The smallest absolute Gasteiger partial charge is 0.226 e. The van der Waals surface area contributed by atoms with Crippen LogP contribution in [0.3, 0.4) is 0 Å². The molecule has 3 heterocycles. The molecule has 1 aromatic heterocycles. The van der Waals surface area contributed by atoms with Gasteiger partial charge >= 0.3 is 0 Å². The quantitative estimate of drug-likeness (QED) is 0.818. The minimum absolute atomic E-state index is 0.00576. The average Bonchev–Trinajstić information content (AvgIpc) is 3.05. The third-order valence-corrected chi connectivity index (χ3v) is 5.80. The van der Waals surface area contributed by atoms with Gasteiger partial charge in [-0.15, -0.1) is 5.10 Å². The molecule has 1 N–H and O–H groups in total. The number of nitrogens with one attached hydrogen (secondary N) is 1. The maximum atomic E-state index is 13.1. The predicted molar refractivity (Wildman–Crippen MR) is 103 cm³/mol. The lowest BCUT2D eigenvalue weighted by Gasteiger charge is -2.41. The molecule has 2 aliphatic heterocycles. The number of likely N-dealkylation sites (tertiary alicyclic amines) is 1. The normalized spacial score (nSPS) is 21.3. The second-order valence-corrected chi connectivity index (χ2v) is 9.36. The average molecular weight is 376 g/mol. The summed E-state index contributed by atoms with van der Waals surface area (Å²) in [7, 11) is 0. The summed E-state index contributed by atoms with van der Waals surface area (Å²) in [4.78, 5) is 27.6. The molecule has 0 saturated carbocycles. The van der Waals surface area contributed by atoms with E-state index in [4.69, 9.17) is 0 Å². The molecule has 0 aromatic carbocycles. The molecular formula is C20H33N5O2. The van der Waals surface area contributed by atoms with Crippen LogP contribution in [0.5, 0.6) is 0 Å². The third kappa shape index (κ3) is 5.08. The summed E-state index contributed by atoms with van der Waals surface area (Å²) in [6.45, 7) is 8.93. The highest BCUT2D eigenvalue weighted by Gasteiger charge is 2.41. The highest BCUT2D eigenvalue weighted by Crippen LogP contribution is 2.38. The number of nitrogens with zero attached hydrogens (tertiary/aromatic N) is 4. The van der Waals surface area contributed by atoms with Gasteiger partial charge in [0.15, 0.2) is 0 Å². The van der Waals surface area contributed by atoms with Crippen LogP contribution < -0.4 is 5.32 Å². The van der Waals surface area contributed by atoms with Gasteiger partial charge in [-0.2, -0.15) is 0 Å². The van der Waals surface area contributed by atoms with Crippen LogP contribution in [0.15, 0.2) is 6.20 Å². The second kappa shape index (κ2) is 7.98. The van der Waals surface area contributed by atoms with Crippen LogP contribution in [0.4, 0.5) is 0 Å². The van der Waals surface area contributed by atoms with E-state index in [1.54, 1.807) is 0 Å². The van der Waals surface area contributed by atoms with Gasteiger partial charge in [-0.05, 0) is 31.1 Å². The first-order valence-electron chi connectivity index (χ1n) is 10.2. The molecular weight excluding hydrogens is 342 g/mol. The van der Waals surface area contributed by atoms with Crippen LogP contribution in [0.2, 0.25) is 0 Å². The molecule has 2 aliphatic rings. The highest BCUT2D eigenvalue weighted by atomic mass is 16.2. The number of fused-ring (bicyclic) bond motifs is 2. The Labute approximate surface area is 161 Å². The standard InChI is InChI=1S/C20H33N5O2/c1-19(2,3)13-17(26)24-11-8-20(9-12-24)7-5-4-6-10-25-15-16(22-23-25)14-21-18(20)27/h15H,4-14H2,1-3H3,(H,21,27). The number of hydrogen-bond acceptors (Lipinski definition) is 4. The second-order valence-electron chi connectivity index (χ2n) is 9.36. The van der Waals surface area contributed by atoms with Gasteiger partial charge in [0.1, 0.15) is 5.69 Å². The Morgan fingerprint density at radius 3 is 2.59 bits per heavy atom. The van der Waals surface area contributed by atoms with Crippen LogP contribution in [-0.4, -0.2) is 44.8 Å². The van der Waals surface area contributed by atoms with Crippen LogP contribution in [0, 0.1) is 10.8 Å².